The van der Waals surface area contributed by atoms with Crippen LogP contribution in [0.2, 0.25) is 0 Å². The molecule has 2 heterocycles. The highest BCUT2D eigenvalue weighted by atomic mass is 32.1. The van der Waals surface area contributed by atoms with Crippen LogP contribution >= 0.6 is 11.3 Å². The number of carbonyl (C=O) groups is 1. The Morgan fingerprint density at radius 2 is 2.31 bits per heavy atom. The number of aryl methyl sites for hydroxylation is 1. The number of ether oxygens (including phenoxy) is 1. The number of hydrogen-bond acceptors (Lipinski definition) is 4. The minimum Gasteiger partial charge on any atom is -0.379 e. The molecule has 1 saturated heterocycles. The summed E-state index contributed by atoms with van der Waals surface area (Å²) in [7, 11) is 1.89. The van der Waals surface area contributed by atoms with Crippen LogP contribution in [0, 0.1) is 0 Å². The Kier molecular flexibility index (Phi) is 3.87. The van der Waals surface area contributed by atoms with Gasteiger partial charge in [-0.3, -0.25) is 9.69 Å². The average Bonchev–Trinajstić information content (AvgIpc) is 2.66. The van der Waals surface area contributed by atoms with E-state index in [1.807, 2.05) is 23.2 Å². The number of hydrogen-bond donors (Lipinski definition) is 0. The van der Waals surface area contributed by atoms with Gasteiger partial charge in [0, 0.05) is 31.7 Å². The lowest BCUT2D eigenvalue weighted by Gasteiger charge is -2.24. The molecule has 0 radical (unpaired) electrons. The Bertz CT molecular complexity index is 418. The van der Waals surface area contributed by atoms with Crippen molar-refractivity contribution in [3.8, 4) is 0 Å². The number of carbonyl (C=O) groups excluding carboxylic acids is 1. The first-order valence-electron chi connectivity index (χ1n) is 5.23. The van der Waals surface area contributed by atoms with Gasteiger partial charge in [0.15, 0.2) is 4.80 Å². The molecule has 2 rings (SSSR count). The summed E-state index contributed by atoms with van der Waals surface area (Å²) in [6.07, 6.45) is 1.89. The third-order valence-corrected chi connectivity index (χ3v) is 3.29. The molecule has 1 aliphatic heterocycles. The van der Waals surface area contributed by atoms with Crippen molar-refractivity contribution >= 4 is 17.2 Å². The number of nitrogens with zero attached hydrogens (tertiary/aromatic N) is 3. The minimum atomic E-state index is -0.0834. The third-order valence-electron chi connectivity index (χ3n) is 2.44. The van der Waals surface area contributed by atoms with Crippen LogP contribution in [0.4, 0.5) is 0 Å². The van der Waals surface area contributed by atoms with E-state index in [1.165, 1.54) is 11.3 Å². The number of morpholine rings is 1. The number of thiazole rings is 1. The summed E-state index contributed by atoms with van der Waals surface area (Å²) < 4.78 is 7.07. The lowest BCUT2D eigenvalue weighted by atomic mass is 10.4. The van der Waals surface area contributed by atoms with E-state index in [2.05, 4.69) is 9.89 Å². The monoisotopic (exact) mass is 241 g/mol. The number of rotatable bonds is 2. The molecule has 5 nitrogen and oxygen atoms in total. The average molecular weight is 241 g/mol. The summed E-state index contributed by atoms with van der Waals surface area (Å²) in [5.41, 5.74) is 0. The molecule has 88 valence electrons. The van der Waals surface area contributed by atoms with E-state index in [9.17, 15) is 4.79 Å². The van der Waals surface area contributed by atoms with Crippen LogP contribution in [0.15, 0.2) is 16.6 Å². The van der Waals surface area contributed by atoms with E-state index in [4.69, 9.17) is 4.74 Å². The summed E-state index contributed by atoms with van der Waals surface area (Å²) >= 11 is 1.47. The molecule has 0 unspecified atom stereocenters. The summed E-state index contributed by atoms with van der Waals surface area (Å²) in [5.74, 6) is -0.0834. The van der Waals surface area contributed by atoms with Crippen LogP contribution in [0.1, 0.15) is 0 Å². The SMILES string of the molecule is Cn1ccsc1=NC(=O)CN1CCOCC1. The van der Waals surface area contributed by atoms with Gasteiger partial charge in [0.25, 0.3) is 5.91 Å². The van der Waals surface area contributed by atoms with Gasteiger partial charge in [-0.25, -0.2) is 0 Å². The van der Waals surface area contributed by atoms with E-state index < -0.39 is 0 Å². The highest BCUT2D eigenvalue weighted by molar-refractivity contribution is 7.07. The summed E-state index contributed by atoms with van der Waals surface area (Å²) in [6.45, 7) is 3.44. The molecular weight excluding hydrogens is 226 g/mol. The summed E-state index contributed by atoms with van der Waals surface area (Å²) in [4.78, 5) is 18.6. The van der Waals surface area contributed by atoms with Gasteiger partial charge < -0.3 is 9.30 Å². The summed E-state index contributed by atoms with van der Waals surface area (Å²) in [5, 5.41) is 1.92. The maximum absolute atomic E-state index is 11.7. The second-order valence-electron chi connectivity index (χ2n) is 3.69. The van der Waals surface area contributed by atoms with E-state index in [0.29, 0.717) is 19.8 Å². The van der Waals surface area contributed by atoms with Gasteiger partial charge in [-0.15, -0.1) is 11.3 Å². The molecule has 1 amide bonds. The van der Waals surface area contributed by atoms with Gasteiger partial charge in [0.1, 0.15) is 0 Å². The third kappa shape index (κ3) is 3.01. The van der Waals surface area contributed by atoms with Crippen molar-refractivity contribution in [1.82, 2.24) is 9.47 Å². The second-order valence-corrected chi connectivity index (χ2v) is 4.56. The first kappa shape index (κ1) is 11.5. The van der Waals surface area contributed by atoms with Gasteiger partial charge in [-0.2, -0.15) is 4.99 Å². The van der Waals surface area contributed by atoms with Crippen LogP contribution in [0.25, 0.3) is 0 Å². The lowest BCUT2D eigenvalue weighted by molar-refractivity contribution is -0.120. The van der Waals surface area contributed by atoms with Crippen LogP contribution < -0.4 is 4.80 Å². The first-order chi connectivity index (χ1) is 7.75. The summed E-state index contributed by atoms with van der Waals surface area (Å²) in [6, 6.07) is 0. The molecule has 0 aromatic carbocycles. The van der Waals surface area contributed by atoms with E-state index >= 15 is 0 Å². The fraction of sp³-hybridized carbons (Fsp3) is 0.600. The molecule has 0 atom stereocenters. The van der Waals surface area contributed by atoms with Crippen LogP contribution in [0.5, 0.6) is 0 Å². The van der Waals surface area contributed by atoms with Gasteiger partial charge in [-0.1, -0.05) is 0 Å². The molecule has 1 aliphatic rings. The quantitative estimate of drug-likeness (QED) is 0.723. The van der Waals surface area contributed by atoms with Gasteiger partial charge in [0.2, 0.25) is 0 Å². The predicted octanol–water partition coefficient (Wildman–Crippen LogP) is -0.154. The molecule has 16 heavy (non-hydrogen) atoms. The Balaban J connectivity index is 1.96. The van der Waals surface area contributed by atoms with E-state index in [0.717, 1.165) is 17.9 Å². The van der Waals surface area contributed by atoms with Crippen LogP contribution in [0.3, 0.4) is 0 Å². The molecule has 0 saturated carbocycles. The van der Waals surface area contributed by atoms with Crippen molar-refractivity contribution in [2.24, 2.45) is 12.0 Å². The maximum atomic E-state index is 11.7. The maximum Gasteiger partial charge on any atom is 0.262 e. The molecule has 0 N–H and O–H groups in total. The standard InChI is InChI=1S/C10H15N3O2S/c1-12-4-7-16-10(12)11-9(14)8-13-2-5-15-6-3-13/h4,7H,2-3,5-6,8H2,1H3. The van der Waals surface area contributed by atoms with E-state index in [-0.39, 0.29) is 5.91 Å². The first-order valence-corrected chi connectivity index (χ1v) is 6.11. The Labute approximate surface area is 98.0 Å². The Hall–Kier alpha value is -0.980. The van der Waals surface area contributed by atoms with Gasteiger partial charge in [-0.05, 0) is 0 Å². The van der Waals surface area contributed by atoms with Crippen LogP contribution in [-0.4, -0.2) is 48.2 Å². The smallest absolute Gasteiger partial charge is 0.262 e. The van der Waals surface area contributed by atoms with Gasteiger partial charge in [0.05, 0.1) is 19.8 Å². The van der Waals surface area contributed by atoms with Crippen molar-refractivity contribution < 1.29 is 9.53 Å². The normalized spacial score (nSPS) is 18.9. The Morgan fingerprint density at radius 1 is 1.56 bits per heavy atom. The molecule has 1 aromatic heterocycles. The highest BCUT2D eigenvalue weighted by Gasteiger charge is 2.13. The highest BCUT2D eigenvalue weighted by Crippen LogP contribution is 1.96. The topological polar surface area (TPSA) is 46.8 Å². The zero-order valence-corrected chi connectivity index (χ0v) is 10.1. The van der Waals surface area contributed by atoms with Gasteiger partial charge >= 0.3 is 0 Å². The second kappa shape index (κ2) is 5.38. The molecule has 0 spiro atoms. The fourth-order valence-corrected chi connectivity index (χ4v) is 2.27. The van der Waals surface area contributed by atoms with Crippen molar-refractivity contribution in [1.29, 1.82) is 0 Å². The minimum absolute atomic E-state index is 0.0834. The number of amides is 1. The molecule has 0 bridgehead atoms. The van der Waals surface area contributed by atoms with Crippen LogP contribution in [-0.2, 0) is 16.6 Å². The Morgan fingerprint density at radius 3 is 2.94 bits per heavy atom. The molecule has 1 aromatic rings. The van der Waals surface area contributed by atoms with Crippen molar-refractivity contribution in [3.63, 3.8) is 0 Å². The predicted molar refractivity (Wildman–Crippen MR) is 61.1 cm³/mol. The zero-order chi connectivity index (χ0) is 11.4. The molecule has 1 fully saturated rings. The number of aromatic nitrogens is 1. The van der Waals surface area contributed by atoms with E-state index in [1.54, 1.807) is 0 Å². The van der Waals surface area contributed by atoms with Crippen molar-refractivity contribution in [3.05, 3.63) is 16.4 Å². The lowest BCUT2D eigenvalue weighted by Crippen LogP contribution is -2.39. The fourth-order valence-electron chi connectivity index (χ4n) is 1.53. The van der Waals surface area contributed by atoms with Crippen molar-refractivity contribution in [2.75, 3.05) is 32.8 Å². The largest absolute Gasteiger partial charge is 0.379 e. The zero-order valence-electron chi connectivity index (χ0n) is 9.26. The molecule has 6 heteroatoms. The molecule has 0 aliphatic carbocycles. The molecular formula is C10H15N3O2S. The van der Waals surface area contributed by atoms with Crippen molar-refractivity contribution in [2.45, 2.75) is 0 Å².